The van der Waals surface area contributed by atoms with Crippen molar-refractivity contribution in [1.29, 1.82) is 0 Å². The lowest BCUT2D eigenvalue weighted by atomic mass is 9.87. The normalized spacial score (nSPS) is 12.5. The highest BCUT2D eigenvalue weighted by molar-refractivity contribution is 5.67. The van der Waals surface area contributed by atoms with Gasteiger partial charge in [-0.25, -0.2) is 0 Å². The van der Waals surface area contributed by atoms with Gasteiger partial charge in [0.25, 0.3) is 0 Å². The van der Waals surface area contributed by atoms with Gasteiger partial charge in [0.1, 0.15) is 0 Å². The molecule has 0 aliphatic rings. The molecule has 2 aromatic carbocycles. The second-order valence-corrected chi connectivity index (χ2v) is 11.1. The monoisotopic (exact) mass is 421 g/mol. The van der Waals surface area contributed by atoms with E-state index in [1.165, 1.54) is 33.6 Å². The summed E-state index contributed by atoms with van der Waals surface area (Å²) in [6.45, 7) is 25.1. The lowest BCUT2D eigenvalue weighted by Gasteiger charge is -2.49. The number of nitrogens with one attached hydrogen (secondary N) is 2. The molecule has 0 aromatic heterocycles. The van der Waals surface area contributed by atoms with Gasteiger partial charge in [0, 0.05) is 11.4 Å². The molecule has 0 aliphatic heterocycles. The topological polar surface area (TPSA) is 24.1 Å². The second kappa shape index (κ2) is 10.1. The molecule has 2 nitrogen and oxygen atoms in total. The minimum Gasteiger partial charge on any atom is -0.512 e. The van der Waals surface area contributed by atoms with Gasteiger partial charge in [0.15, 0.2) is 0 Å². The van der Waals surface area contributed by atoms with Gasteiger partial charge in [-0.15, -0.1) is 11.6 Å². The third kappa shape index (κ3) is 6.05. The summed E-state index contributed by atoms with van der Waals surface area (Å²) in [7, 11) is 0. The van der Waals surface area contributed by atoms with E-state index >= 15 is 0 Å². The summed E-state index contributed by atoms with van der Waals surface area (Å²) >= 11 is 0. The van der Waals surface area contributed by atoms with E-state index in [1.54, 1.807) is 0 Å². The first-order valence-electron chi connectivity index (χ1n) is 12.0. The summed E-state index contributed by atoms with van der Waals surface area (Å²) < 4.78 is 0. The highest BCUT2D eigenvalue weighted by Gasteiger charge is 2.20. The summed E-state index contributed by atoms with van der Waals surface area (Å²) in [5.41, 5.74) is 7.95. The minimum atomic E-state index is -0.0588. The predicted molar refractivity (Wildman–Crippen MR) is 139 cm³/mol. The Kier molecular flexibility index (Phi) is 8.25. The number of rotatable bonds is 8. The van der Waals surface area contributed by atoms with E-state index in [9.17, 15) is 0 Å². The lowest BCUT2D eigenvalue weighted by Crippen LogP contribution is -2.34. The molecule has 2 aromatic rings. The Hall–Kier alpha value is -1.96. The molecule has 0 spiro atoms. The molecule has 2 N–H and O–H groups in total. The van der Waals surface area contributed by atoms with E-state index < -0.39 is 0 Å². The molecule has 0 aliphatic carbocycles. The molecule has 0 fully saturated rings. The van der Waals surface area contributed by atoms with E-state index in [4.69, 9.17) is 0 Å². The van der Waals surface area contributed by atoms with Crippen LogP contribution in [0.5, 0.6) is 0 Å². The molecule has 2 rings (SSSR count). The fraction of sp³-hybridized carbons (Fsp3) is 0.552. The quantitative estimate of drug-likeness (QED) is 0.415. The Morgan fingerprint density at radius 1 is 0.548 bits per heavy atom. The van der Waals surface area contributed by atoms with Crippen molar-refractivity contribution in [2.45, 2.75) is 99.8 Å². The molecule has 0 amide bonds. The van der Waals surface area contributed by atoms with Crippen molar-refractivity contribution in [2.24, 2.45) is 5.41 Å². The zero-order valence-corrected chi connectivity index (χ0v) is 21.8. The molecule has 0 saturated carbocycles. The molecule has 172 valence electrons. The van der Waals surface area contributed by atoms with E-state index in [1.807, 2.05) is 0 Å². The Bertz CT molecular complexity index is 736. The maximum atomic E-state index is 3.91. The summed E-state index contributed by atoms with van der Waals surface area (Å²) in [4.78, 5) is 0. The summed E-state index contributed by atoms with van der Waals surface area (Å²) in [5.74, 6) is 1.82. The first-order valence-corrected chi connectivity index (χ1v) is 12.0. The SMILES string of the molecule is CC(C)c1cccc(C(C)C)c1N[C-](Nc1c(C(C)C)cccc1C(C)C)C(C)(C)C. The maximum Gasteiger partial charge on any atom is 0.0134 e. The van der Waals surface area contributed by atoms with E-state index in [0.29, 0.717) is 23.7 Å². The molecule has 0 heterocycles. The molecular formula is C29H45N2-. The van der Waals surface area contributed by atoms with E-state index in [-0.39, 0.29) is 5.41 Å². The van der Waals surface area contributed by atoms with Gasteiger partial charge >= 0.3 is 0 Å². The van der Waals surface area contributed by atoms with Crippen molar-refractivity contribution >= 4 is 11.4 Å². The Morgan fingerprint density at radius 2 is 0.806 bits per heavy atom. The van der Waals surface area contributed by atoms with Gasteiger partial charge in [0.2, 0.25) is 0 Å². The number of benzene rings is 2. The average Bonchev–Trinajstić information content (AvgIpc) is 2.66. The number of hydrogen-bond acceptors (Lipinski definition) is 2. The largest absolute Gasteiger partial charge is 0.512 e. The number of para-hydroxylation sites is 2. The Balaban J connectivity index is 2.60. The molecule has 0 atom stereocenters. The van der Waals surface area contributed by atoms with Crippen LogP contribution >= 0.6 is 0 Å². The van der Waals surface area contributed by atoms with Crippen LogP contribution in [0.25, 0.3) is 0 Å². The second-order valence-electron chi connectivity index (χ2n) is 11.1. The van der Waals surface area contributed by atoms with Crippen LogP contribution in [0, 0.1) is 11.6 Å². The van der Waals surface area contributed by atoms with Crippen LogP contribution in [0.2, 0.25) is 0 Å². The summed E-state index contributed by atoms with van der Waals surface area (Å²) in [5, 5.41) is 7.81. The maximum absolute atomic E-state index is 3.91. The fourth-order valence-corrected chi connectivity index (χ4v) is 4.05. The molecule has 0 radical (unpaired) electrons. The average molecular weight is 422 g/mol. The standard InChI is InChI=1S/C29H45N2/c1-18(2)22-14-12-15-23(19(3)4)26(22)30-28(29(9,10)11)31-27-24(20(5)6)16-13-17-25(27)21(7)8/h12-21,30-31H,1-11H3/q-1. The van der Waals surface area contributed by atoms with Gasteiger partial charge in [-0.3, -0.25) is 0 Å². The van der Waals surface area contributed by atoms with Crippen molar-refractivity contribution in [1.82, 2.24) is 0 Å². The Morgan fingerprint density at radius 3 is 1.00 bits per heavy atom. The minimum absolute atomic E-state index is 0.0588. The van der Waals surface area contributed by atoms with Crippen LogP contribution in [-0.2, 0) is 0 Å². The van der Waals surface area contributed by atoms with Gasteiger partial charge in [-0.05, 0) is 45.9 Å². The van der Waals surface area contributed by atoms with Gasteiger partial charge < -0.3 is 10.6 Å². The fourth-order valence-electron chi connectivity index (χ4n) is 4.05. The molecule has 0 unspecified atom stereocenters. The van der Waals surface area contributed by atoms with Crippen molar-refractivity contribution in [3.05, 3.63) is 64.8 Å². The number of anilines is 2. The molecule has 31 heavy (non-hydrogen) atoms. The molecular weight excluding hydrogens is 376 g/mol. The highest BCUT2D eigenvalue weighted by Crippen LogP contribution is 2.40. The predicted octanol–water partition coefficient (Wildman–Crippen LogP) is 9.24. The molecule has 0 saturated heterocycles. The number of hydrogen-bond donors (Lipinski definition) is 2. The summed E-state index contributed by atoms with van der Waals surface area (Å²) in [6, 6.07) is 13.5. The first-order chi connectivity index (χ1) is 14.3. The van der Waals surface area contributed by atoms with E-state index in [0.717, 1.165) is 6.17 Å². The summed E-state index contributed by atoms with van der Waals surface area (Å²) in [6.07, 6.45) is 1.15. The zero-order chi connectivity index (χ0) is 23.5. The van der Waals surface area contributed by atoms with Crippen LogP contribution in [0.3, 0.4) is 0 Å². The third-order valence-corrected chi connectivity index (χ3v) is 6.00. The van der Waals surface area contributed by atoms with Crippen LogP contribution < -0.4 is 10.6 Å². The van der Waals surface area contributed by atoms with E-state index in [2.05, 4.69) is 123 Å². The first kappa shape index (κ1) is 25.3. The lowest BCUT2D eigenvalue weighted by molar-refractivity contribution is 0.447. The van der Waals surface area contributed by atoms with Gasteiger partial charge in [-0.1, -0.05) is 113 Å². The van der Waals surface area contributed by atoms with Crippen molar-refractivity contribution in [2.75, 3.05) is 10.6 Å². The highest BCUT2D eigenvalue weighted by atomic mass is 15.1. The van der Waals surface area contributed by atoms with Gasteiger partial charge in [-0.2, -0.15) is 0 Å². The van der Waals surface area contributed by atoms with Crippen molar-refractivity contribution in [3.8, 4) is 0 Å². The smallest absolute Gasteiger partial charge is 0.0134 e. The van der Waals surface area contributed by atoms with Crippen molar-refractivity contribution in [3.63, 3.8) is 0 Å². The van der Waals surface area contributed by atoms with Gasteiger partial charge in [0.05, 0.1) is 0 Å². The van der Waals surface area contributed by atoms with Crippen LogP contribution in [0.4, 0.5) is 11.4 Å². The third-order valence-electron chi connectivity index (χ3n) is 6.00. The molecule has 2 heteroatoms. The van der Waals surface area contributed by atoms with Crippen LogP contribution in [-0.4, -0.2) is 0 Å². The Labute approximate surface area is 192 Å². The van der Waals surface area contributed by atoms with Crippen LogP contribution in [0.1, 0.15) is 122 Å². The van der Waals surface area contributed by atoms with Crippen LogP contribution in [0.15, 0.2) is 36.4 Å². The van der Waals surface area contributed by atoms with Crippen molar-refractivity contribution < 1.29 is 0 Å². The molecule has 0 bridgehead atoms. The zero-order valence-electron chi connectivity index (χ0n) is 21.8.